The van der Waals surface area contributed by atoms with E-state index >= 15 is 0 Å². The predicted molar refractivity (Wildman–Crippen MR) is 88.0 cm³/mol. The molecule has 1 amide bonds. The number of carbonyl (C=O) groups is 1. The Hall–Kier alpha value is -2.42. The molecule has 0 saturated carbocycles. The van der Waals surface area contributed by atoms with Crippen LogP contribution in [-0.2, 0) is 7.05 Å². The number of benzene rings is 1. The lowest BCUT2D eigenvalue weighted by Crippen LogP contribution is -2.35. The Balaban J connectivity index is 1.88. The number of hydrogen-bond donors (Lipinski definition) is 0. The molecule has 0 aliphatic carbocycles. The lowest BCUT2D eigenvalue weighted by Gasteiger charge is -2.26. The van der Waals surface area contributed by atoms with E-state index in [0.717, 1.165) is 31.0 Å². The number of nitro benzene ring substituents is 1. The highest BCUT2D eigenvalue weighted by molar-refractivity contribution is 7.99. The van der Waals surface area contributed by atoms with E-state index in [2.05, 4.69) is 10.2 Å². The molecule has 3 rings (SSSR count). The molecule has 0 unspecified atom stereocenters. The number of aryl methyl sites for hydroxylation is 1. The Morgan fingerprint density at radius 1 is 1.29 bits per heavy atom. The third kappa shape index (κ3) is 3.40. The highest BCUT2D eigenvalue weighted by Gasteiger charge is 2.23. The van der Waals surface area contributed by atoms with Crippen molar-refractivity contribution >= 4 is 23.4 Å². The zero-order chi connectivity index (χ0) is 17.1. The van der Waals surface area contributed by atoms with E-state index in [4.69, 9.17) is 0 Å². The molecule has 8 nitrogen and oxygen atoms in total. The SMILES string of the molecule is Cn1cnnc1Sc1ccc(C(=O)N2CCCCC2)cc1[N+](=O)[O-]. The summed E-state index contributed by atoms with van der Waals surface area (Å²) in [6.07, 6.45) is 4.61. The summed E-state index contributed by atoms with van der Waals surface area (Å²) in [7, 11) is 1.77. The molecule has 9 heteroatoms. The summed E-state index contributed by atoms with van der Waals surface area (Å²) >= 11 is 1.15. The third-order valence-electron chi connectivity index (χ3n) is 3.92. The zero-order valence-electron chi connectivity index (χ0n) is 13.2. The number of carbonyl (C=O) groups excluding carboxylic acids is 1. The van der Waals surface area contributed by atoms with Crippen molar-refractivity contribution in [3.63, 3.8) is 0 Å². The van der Waals surface area contributed by atoms with Gasteiger partial charge in [0.25, 0.3) is 11.6 Å². The van der Waals surface area contributed by atoms with Gasteiger partial charge in [0.2, 0.25) is 0 Å². The monoisotopic (exact) mass is 347 g/mol. The fraction of sp³-hybridized carbons (Fsp3) is 0.400. The summed E-state index contributed by atoms with van der Waals surface area (Å²) in [5.41, 5.74) is 0.261. The quantitative estimate of drug-likeness (QED) is 0.623. The first-order valence-electron chi connectivity index (χ1n) is 7.66. The number of hydrogen-bond acceptors (Lipinski definition) is 6. The molecule has 2 heterocycles. The molecule has 0 bridgehead atoms. The summed E-state index contributed by atoms with van der Waals surface area (Å²) in [6, 6.07) is 4.60. The number of likely N-dealkylation sites (tertiary alicyclic amines) is 1. The van der Waals surface area contributed by atoms with Crippen molar-refractivity contribution in [1.82, 2.24) is 19.7 Å². The Kier molecular flexibility index (Phi) is 4.79. The number of piperidine rings is 1. The van der Waals surface area contributed by atoms with Crippen LogP contribution in [0.15, 0.2) is 34.6 Å². The van der Waals surface area contributed by atoms with Crippen LogP contribution in [0.5, 0.6) is 0 Å². The molecule has 0 radical (unpaired) electrons. The van der Waals surface area contributed by atoms with E-state index in [1.165, 1.54) is 12.4 Å². The van der Waals surface area contributed by atoms with E-state index in [0.29, 0.717) is 28.7 Å². The van der Waals surface area contributed by atoms with E-state index in [-0.39, 0.29) is 11.6 Å². The van der Waals surface area contributed by atoms with Gasteiger partial charge in [-0.25, -0.2) is 0 Å². The minimum Gasteiger partial charge on any atom is -0.339 e. The summed E-state index contributed by atoms with van der Waals surface area (Å²) in [5, 5.41) is 19.6. The second-order valence-corrected chi connectivity index (χ2v) is 6.63. The van der Waals surface area contributed by atoms with Crippen LogP contribution in [0.1, 0.15) is 29.6 Å². The summed E-state index contributed by atoms with van der Waals surface area (Å²) in [4.78, 5) is 25.7. The standard InChI is InChI=1S/C15H17N5O3S/c1-18-10-16-17-15(18)24-13-6-5-11(9-12(13)20(22)23)14(21)19-7-3-2-4-8-19/h5-6,9-10H,2-4,7-8H2,1H3. The van der Waals surface area contributed by atoms with Crippen molar-refractivity contribution in [3.05, 3.63) is 40.2 Å². The van der Waals surface area contributed by atoms with Crippen molar-refractivity contribution in [1.29, 1.82) is 0 Å². The van der Waals surface area contributed by atoms with Crippen LogP contribution in [-0.4, -0.2) is 43.6 Å². The molecule has 2 aromatic rings. The van der Waals surface area contributed by atoms with Crippen LogP contribution >= 0.6 is 11.8 Å². The zero-order valence-corrected chi connectivity index (χ0v) is 14.0. The first-order valence-corrected chi connectivity index (χ1v) is 8.47. The largest absolute Gasteiger partial charge is 0.339 e. The van der Waals surface area contributed by atoms with Gasteiger partial charge in [-0.05, 0) is 43.2 Å². The molecular formula is C15H17N5O3S. The minimum absolute atomic E-state index is 0.0918. The molecule has 1 aromatic heterocycles. The highest BCUT2D eigenvalue weighted by atomic mass is 32.2. The first-order chi connectivity index (χ1) is 11.6. The topological polar surface area (TPSA) is 94.2 Å². The Morgan fingerprint density at radius 3 is 2.67 bits per heavy atom. The van der Waals surface area contributed by atoms with Crippen molar-refractivity contribution in [3.8, 4) is 0 Å². The van der Waals surface area contributed by atoms with Gasteiger partial charge in [0.15, 0.2) is 5.16 Å². The van der Waals surface area contributed by atoms with Gasteiger partial charge in [0, 0.05) is 31.8 Å². The second kappa shape index (κ2) is 7.00. The molecule has 0 spiro atoms. The molecule has 1 aromatic carbocycles. The normalized spacial score (nSPS) is 14.6. The van der Waals surface area contributed by atoms with Gasteiger partial charge in [-0.2, -0.15) is 0 Å². The number of nitro groups is 1. The van der Waals surface area contributed by atoms with Crippen molar-refractivity contribution in [2.24, 2.45) is 7.05 Å². The molecule has 0 atom stereocenters. The fourth-order valence-electron chi connectivity index (χ4n) is 2.62. The van der Waals surface area contributed by atoms with Crippen LogP contribution in [0.25, 0.3) is 0 Å². The molecule has 1 saturated heterocycles. The number of rotatable bonds is 4. The molecular weight excluding hydrogens is 330 g/mol. The lowest BCUT2D eigenvalue weighted by atomic mass is 10.1. The maximum atomic E-state index is 12.5. The first kappa shape index (κ1) is 16.4. The summed E-state index contributed by atoms with van der Waals surface area (Å²) in [6.45, 7) is 1.42. The van der Waals surface area contributed by atoms with Crippen LogP contribution < -0.4 is 0 Å². The van der Waals surface area contributed by atoms with Crippen molar-refractivity contribution < 1.29 is 9.72 Å². The van der Waals surface area contributed by atoms with Crippen molar-refractivity contribution in [2.75, 3.05) is 13.1 Å². The number of nitrogens with zero attached hydrogens (tertiary/aromatic N) is 5. The smallest absolute Gasteiger partial charge is 0.284 e. The van der Waals surface area contributed by atoms with Gasteiger partial charge >= 0.3 is 0 Å². The third-order valence-corrected chi connectivity index (χ3v) is 5.03. The molecule has 126 valence electrons. The molecule has 24 heavy (non-hydrogen) atoms. The average Bonchev–Trinajstić information content (AvgIpc) is 3.00. The minimum atomic E-state index is -0.467. The average molecular weight is 347 g/mol. The van der Waals surface area contributed by atoms with Gasteiger partial charge in [-0.3, -0.25) is 14.9 Å². The molecule has 0 N–H and O–H groups in total. The predicted octanol–water partition coefficient (Wildman–Crippen LogP) is 2.50. The molecule has 1 fully saturated rings. The summed E-state index contributed by atoms with van der Waals surface area (Å²) in [5.74, 6) is -0.145. The Bertz CT molecular complexity index is 770. The van der Waals surface area contributed by atoms with Crippen LogP contribution in [0, 0.1) is 10.1 Å². The maximum absolute atomic E-state index is 12.5. The fourth-order valence-corrected chi connectivity index (χ4v) is 3.47. The van der Waals surface area contributed by atoms with Gasteiger partial charge in [0.05, 0.1) is 9.82 Å². The van der Waals surface area contributed by atoms with Crippen LogP contribution in [0.3, 0.4) is 0 Å². The number of amides is 1. The summed E-state index contributed by atoms with van der Waals surface area (Å²) < 4.78 is 1.68. The van der Waals surface area contributed by atoms with Crippen LogP contribution in [0.2, 0.25) is 0 Å². The van der Waals surface area contributed by atoms with Crippen LogP contribution in [0.4, 0.5) is 5.69 Å². The number of aromatic nitrogens is 3. The van der Waals surface area contributed by atoms with Crippen molar-refractivity contribution in [2.45, 2.75) is 29.3 Å². The van der Waals surface area contributed by atoms with Gasteiger partial charge in [0.1, 0.15) is 6.33 Å². The second-order valence-electron chi connectivity index (χ2n) is 5.62. The van der Waals surface area contributed by atoms with E-state index in [9.17, 15) is 14.9 Å². The van der Waals surface area contributed by atoms with Gasteiger partial charge < -0.3 is 9.47 Å². The maximum Gasteiger partial charge on any atom is 0.284 e. The van der Waals surface area contributed by atoms with E-state index < -0.39 is 4.92 Å². The molecule has 1 aliphatic rings. The lowest BCUT2D eigenvalue weighted by molar-refractivity contribution is -0.387. The van der Waals surface area contributed by atoms with Gasteiger partial charge in [-0.15, -0.1) is 10.2 Å². The van der Waals surface area contributed by atoms with E-state index in [1.807, 2.05) is 0 Å². The molecule has 1 aliphatic heterocycles. The van der Waals surface area contributed by atoms with Gasteiger partial charge in [-0.1, -0.05) is 0 Å². The highest BCUT2D eigenvalue weighted by Crippen LogP contribution is 2.34. The Morgan fingerprint density at radius 2 is 2.04 bits per heavy atom. The Labute approximate surface area is 143 Å². The van der Waals surface area contributed by atoms with E-state index in [1.54, 1.807) is 28.6 Å².